The molecular formula is C57H109NO8. The number of carbonyl (C=O) groups is 1. The minimum absolute atomic E-state index is 0.175. The number of unbranched alkanes of at least 4 members (excludes halogenated alkanes) is 37. The van der Waals surface area contributed by atoms with E-state index in [1.165, 1.54) is 218 Å². The minimum atomic E-state index is -1.57. The smallest absolute Gasteiger partial charge is 0.220 e. The number of aliphatic hydroxyl groups is 5. The number of aliphatic hydroxyl groups excluding tert-OH is 5. The zero-order valence-corrected chi connectivity index (χ0v) is 43.2. The Morgan fingerprint density at radius 1 is 0.500 bits per heavy atom. The summed E-state index contributed by atoms with van der Waals surface area (Å²) in [5, 5.41) is 54.5. The predicted octanol–water partition coefficient (Wildman–Crippen LogP) is 13.8. The van der Waals surface area contributed by atoms with Crippen LogP contribution in [0.15, 0.2) is 24.3 Å². The molecule has 9 heteroatoms. The highest BCUT2D eigenvalue weighted by molar-refractivity contribution is 5.76. The quantitative estimate of drug-likeness (QED) is 0.0261. The maximum Gasteiger partial charge on any atom is 0.220 e. The van der Waals surface area contributed by atoms with E-state index in [2.05, 4.69) is 31.3 Å². The Labute approximate surface area is 407 Å². The second-order valence-corrected chi connectivity index (χ2v) is 20.1. The van der Waals surface area contributed by atoms with Crippen LogP contribution in [0.2, 0.25) is 0 Å². The lowest BCUT2D eigenvalue weighted by Gasteiger charge is -2.40. The summed E-state index contributed by atoms with van der Waals surface area (Å²) in [6.45, 7) is 3.81. The first-order valence-electron chi connectivity index (χ1n) is 28.6. The second kappa shape index (κ2) is 47.4. The van der Waals surface area contributed by atoms with Crippen LogP contribution in [-0.4, -0.2) is 87.5 Å². The molecule has 1 saturated heterocycles. The third-order valence-electron chi connectivity index (χ3n) is 13.8. The van der Waals surface area contributed by atoms with E-state index in [4.69, 9.17) is 9.47 Å². The van der Waals surface area contributed by atoms with Crippen molar-refractivity contribution in [2.24, 2.45) is 0 Å². The van der Waals surface area contributed by atoms with E-state index in [9.17, 15) is 30.3 Å². The van der Waals surface area contributed by atoms with Crippen molar-refractivity contribution in [2.45, 2.75) is 320 Å². The molecule has 0 aromatic carbocycles. The summed E-state index contributed by atoms with van der Waals surface area (Å²) in [5.41, 5.74) is 0. The molecule has 0 bridgehead atoms. The van der Waals surface area contributed by atoms with Crippen LogP contribution < -0.4 is 5.32 Å². The monoisotopic (exact) mass is 936 g/mol. The van der Waals surface area contributed by atoms with Gasteiger partial charge in [0.25, 0.3) is 0 Å². The lowest BCUT2D eigenvalue weighted by atomic mass is 9.99. The SMILES string of the molecule is CCCCCCCCCC/C=C\CCCCCCCCCCCC(=O)NC(COC1OC(CO)C(O)C(O)C1O)C(O)/C=C/CCCCCCCCCCCCCCCCCCCCCC. The van der Waals surface area contributed by atoms with Crippen LogP contribution in [-0.2, 0) is 14.3 Å². The van der Waals surface area contributed by atoms with Gasteiger partial charge < -0.3 is 40.3 Å². The predicted molar refractivity (Wildman–Crippen MR) is 277 cm³/mol. The third kappa shape index (κ3) is 36.6. The van der Waals surface area contributed by atoms with E-state index in [-0.39, 0.29) is 12.5 Å². The molecule has 1 aliphatic rings. The third-order valence-corrected chi connectivity index (χ3v) is 13.8. The number of carbonyl (C=O) groups excluding carboxylic acids is 1. The topological polar surface area (TPSA) is 149 Å². The van der Waals surface area contributed by atoms with Gasteiger partial charge in [-0.05, 0) is 44.9 Å². The largest absolute Gasteiger partial charge is 0.394 e. The van der Waals surface area contributed by atoms with Gasteiger partial charge in [0, 0.05) is 6.42 Å². The summed E-state index contributed by atoms with van der Waals surface area (Å²) in [4.78, 5) is 13.0. The van der Waals surface area contributed by atoms with Crippen LogP contribution in [0.5, 0.6) is 0 Å². The normalized spacial score (nSPS) is 19.9. The molecule has 7 atom stereocenters. The van der Waals surface area contributed by atoms with Crippen molar-refractivity contribution in [2.75, 3.05) is 13.2 Å². The summed E-state index contributed by atoms with van der Waals surface area (Å²) in [6.07, 6.45) is 52.3. The van der Waals surface area contributed by atoms with Gasteiger partial charge in [-0.2, -0.15) is 0 Å². The molecule has 7 unspecified atom stereocenters. The van der Waals surface area contributed by atoms with E-state index < -0.39 is 49.5 Å². The molecule has 1 fully saturated rings. The average molecular weight is 936 g/mol. The molecular weight excluding hydrogens is 827 g/mol. The zero-order valence-electron chi connectivity index (χ0n) is 43.2. The molecule has 0 spiro atoms. The molecule has 0 aliphatic carbocycles. The zero-order chi connectivity index (χ0) is 48.0. The van der Waals surface area contributed by atoms with Crippen molar-refractivity contribution in [3.8, 4) is 0 Å². The van der Waals surface area contributed by atoms with Gasteiger partial charge in [0.15, 0.2) is 6.29 Å². The van der Waals surface area contributed by atoms with E-state index >= 15 is 0 Å². The Kier molecular flexibility index (Phi) is 45.0. The van der Waals surface area contributed by atoms with Crippen LogP contribution in [0.1, 0.15) is 277 Å². The van der Waals surface area contributed by atoms with Gasteiger partial charge in [-0.1, -0.05) is 250 Å². The lowest BCUT2D eigenvalue weighted by molar-refractivity contribution is -0.302. The first-order valence-corrected chi connectivity index (χ1v) is 28.6. The molecule has 6 N–H and O–H groups in total. The number of allylic oxidation sites excluding steroid dienone is 3. The van der Waals surface area contributed by atoms with Gasteiger partial charge in [0.05, 0.1) is 25.4 Å². The molecule has 1 heterocycles. The van der Waals surface area contributed by atoms with Crippen LogP contribution in [0.3, 0.4) is 0 Å². The molecule has 0 saturated carbocycles. The number of hydrogen-bond donors (Lipinski definition) is 6. The van der Waals surface area contributed by atoms with Crippen molar-refractivity contribution in [3.63, 3.8) is 0 Å². The molecule has 390 valence electrons. The Bertz CT molecular complexity index is 1090. The Morgan fingerprint density at radius 2 is 0.848 bits per heavy atom. The minimum Gasteiger partial charge on any atom is -0.394 e. The van der Waals surface area contributed by atoms with Crippen molar-refractivity contribution in [1.29, 1.82) is 0 Å². The Morgan fingerprint density at radius 3 is 1.23 bits per heavy atom. The van der Waals surface area contributed by atoms with Crippen molar-refractivity contribution >= 4 is 5.91 Å². The van der Waals surface area contributed by atoms with Crippen LogP contribution in [0.25, 0.3) is 0 Å². The molecule has 1 aliphatic heterocycles. The summed E-state index contributed by atoms with van der Waals surface area (Å²) in [5.74, 6) is -0.175. The van der Waals surface area contributed by atoms with Gasteiger partial charge in [-0.25, -0.2) is 0 Å². The molecule has 0 aromatic heterocycles. The number of hydrogen-bond acceptors (Lipinski definition) is 8. The standard InChI is InChI=1S/C57H109NO8/c1-3-5-7-9-11-13-15-17-19-21-23-25-27-28-30-32-34-36-38-40-42-44-46-51(60)50(49-65-57-56(64)55(63)54(62)52(48-59)66-57)58-53(61)47-45-43-41-39-37-35-33-31-29-26-24-22-20-18-16-14-12-10-8-6-4-2/h22,24,44,46,50-52,54-57,59-60,62-64H,3-21,23,25-43,45,47-49H2,1-2H3,(H,58,61)/b24-22-,46-44+. The van der Waals surface area contributed by atoms with Crippen molar-refractivity contribution in [1.82, 2.24) is 5.32 Å². The summed E-state index contributed by atoms with van der Waals surface area (Å²) >= 11 is 0. The van der Waals surface area contributed by atoms with E-state index in [0.29, 0.717) is 6.42 Å². The Hall–Kier alpha value is -1.33. The maximum atomic E-state index is 13.0. The molecule has 1 amide bonds. The van der Waals surface area contributed by atoms with Gasteiger partial charge in [0.2, 0.25) is 5.91 Å². The van der Waals surface area contributed by atoms with Crippen LogP contribution in [0, 0.1) is 0 Å². The van der Waals surface area contributed by atoms with Gasteiger partial charge in [0.1, 0.15) is 24.4 Å². The first kappa shape index (κ1) is 62.7. The Balaban J connectivity index is 2.24. The summed E-state index contributed by atoms with van der Waals surface area (Å²) < 4.78 is 11.3. The van der Waals surface area contributed by atoms with Crippen LogP contribution in [0.4, 0.5) is 0 Å². The summed E-state index contributed by atoms with van der Waals surface area (Å²) in [6, 6.07) is -0.804. The average Bonchev–Trinajstić information content (AvgIpc) is 3.32. The number of nitrogens with one attached hydrogen (secondary N) is 1. The van der Waals surface area contributed by atoms with Crippen molar-refractivity contribution < 1.29 is 39.8 Å². The van der Waals surface area contributed by atoms with Gasteiger partial charge in [-0.15, -0.1) is 0 Å². The maximum absolute atomic E-state index is 13.0. The fourth-order valence-electron chi connectivity index (χ4n) is 9.21. The highest BCUT2D eigenvalue weighted by Crippen LogP contribution is 2.23. The lowest BCUT2D eigenvalue weighted by Crippen LogP contribution is -2.60. The molecule has 0 radical (unpaired) electrons. The summed E-state index contributed by atoms with van der Waals surface area (Å²) in [7, 11) is 0. The second-order valence-electron chi connectivity index (χ2n) is 20.1. The molecule has 66 heavy (non-hydrogen) atoms. The van der Waals surface area contributed by atoms with Crippen molar-refractivity contribution in [3.05, 3.63) is 24.3 Å². The molecule has 0 aromatic rings. The number of ether oxygens (including phenoxy) is 2. The highest BCUT2D eigenvalue weighted by atomic mass is 16.7. The van der Waals surface area contributed by atoms with Gasteiger partial charge >= 0.3 is 0 Å². The fourth-order valence-corrected chi connectivity index (χ4v) is 9.21. The van der Waals surface area contributed by atoms with E-state index in [1.807, 2.05) is 6.08 Å². The highest BCUT2D eigenvalue weighted by Gasteiger charge is 2.44. The van der Waals surface area contributed by atoms with Crippen LogP contribution >= 0.6 is 0 Å². The molecule has 1 rings (SSSR count). The fraction of sp³-hybridized carbons (Fsp3) is 0.912. The number of rotatable bonds is 49. The van der Waals surface area contributed by atoms with E-state index in [1.54, 1.807) is 6.08 Å². The van der Waals surface area contributed by atoms with E-state index in [0.717, 1.165) is 38.5 Å². The molecule has 9 nitrogen and oxygen atoms in total. The first-order chi connectivity index (χ1) is 32.3. The number of amides is 1. The van der Waals surface area contributed by atoms with Gasteiger partial charge in [-0.3, -0.25) is 4.79 Å².